The molecule has 8 heteroatoms. The van der Waals surface area contributed by atoms with Gasteiger partial charge in [0.05, 0.1) is 17.9 Å². The molecule has 2 amide bonds. The summed E-state index contributed by atoms with van der Waals surface area (Å²) < 4.78 is 6.70. The molecule has 0 aliphatic carbocycles. The van der Waals surface area contributed by atoms with Gasteiger partial charge in [-0.25, -0.2) is 4.79 Å². The van der Waals surface area contributed by atoms with Gasteiger partial charge < -0.3 is 15.2 Å². The number of hydrogen-bond donors (Lipinski definition) is 2. The van der Waals surface area contributed by atoms with Gasteiger partial charge in [0.1, 0.15) is 0 Å². The van der Waals surface area contributed by atoms with Crippen molar-refractivity contribution in [3.8, 4) is 11.4 Å². The first-order valence-electron chi connectivity index (χ1n) is 7.48. The Labute approximate surface area is 138 Å². The SMILES string of the molecule is Cc1nc(-c2ccccc2NC(=O)N[C@H](C)c2cnn(C)c2)no1. The van der Waals surface area contributed by atoms with E-state index in [2.05, 4.69) is 25.9 Å². The first kappa shape index (κ1) is 15.7. The van der Waals surface area contributed by atoms with E-state index in [4.69, 9.17) is 4.52 Å². The van der Waals surface area contributed by atoms with E-state index in [1.54, 1.807) is 23.9 Å². The molecule has 0 unspecified atom stereocenters. The fourth-order valence-electron chi connectivity index (χ4n) is 2.30. The summed E-state index contributed by atoms with van der Waals surface area (Å²) >= 11 is 0. The molecule has 8 nitrogen and oxygen atoms in total. The lowest BCUT2D eigenvalue weighted by atomic mass is 10.1. The van der Waals surface area contributed by atoms with Gasteiger partial charge in [-0.05, 0) is 19.1 Å². The van der Waals surface area contributed by atoms with Crippen molar-refractivity contribution in [2.24, 2.45) is 7.05 Å². The fourth-order valence-corrected chi connectivity index (χ4v) is 2.30. The number of amides is 2. The minimum Gasteiger partial charge on any atom is -0.339 e. The van der Waals surface area contributed by atoms with Crippen molar-refractivity contribution in [1.29, 1.82) is 0 Å². The summed E-state index contributed by atoms with van der Waals surface area (Å²) in [5.74, 6) is 0.901. The van der Waals surface area contributed by atoms with Crippen LogP contribution in [0.1, 0.15) is 24.4 Å². The van der Waals surface area contributed by atoms with Crippen molar-refractivity contribution in [2.75, 3.05) is 5.32 Å². The van der Waals surface area contributed by atoms with Crippen LogP contribution in [0.25, 0.3) is 11.4 Å². The van der Waals surface area contributed by atoms with E-state index in [1.807, 2.05) is 38.4 Å². The zero-order valence-corrected chi connectivity index (χ0v) is 13.6. The molecule has 3 aromatic rings. The standard InChI is InChI=1S/C16H18N6O2/c1-10(12-8-17-22(3)9-12)18-16(23)20-14-7-5-4-6-13(14)15-19-11(2)24-21-15/h4-10H,1-3H3,(H2,18,20,23)/t10-/m1/s1. The lowest BCUT2D eigenvalue weighted by Gasteiger charge is -2.14. The molecule has 0 radical (unpaired) electrons. The molecule has 3 rings (SSSR count). The predicted octanol–water partition coefficient (Wildman–Crippen LogP) is 2.66. The normalized spacial score (nSPS) is 12.0. The smallest absolute Gasteiger partial charge is 0.319 e. The van der Waals surface area contributed by atoms with E-state index >= 15 is 0 Å². The Morgan fingerprint density at radius 3 is 2.79 bits per heavy atom. The highest BCUT2D eigenvalue weighted by molar-refractivity contribution is 5.93. The van der Waals surface area contributed by atoms with Gasteiger partial charge in [0.2, 0.25) is 11.7 Å². The molecule has 0 saturated carbocycles. The second kappa shape index (κ2) is 6.53. The second-order valence-electron chi connectivity index (χ2n) is 5.45. The molecule has 124 valence electrons. The molecule has 2 N–H and O–H groups in total. The lowest BCUT2D eigenvalue weighted by Crippen LogP contribution is -2.31. The number of hydrogen-bond acceptors (Lipinski definition) is 5. The maximum Gasteiger partial charge on any atom is 0.319 e. The molecular formula is C16H18N6O2. The maximum absolute atomic E-state index is 12.3. The van der Waals surface area contributed by atoms with Gasteiger partial charge in [0.15, 0.2) is 0 Å². The topological polar surface area (TPSA) is 97.9 Å². The Bertz CT molecular complexity index is 854. The average Bonchev–Trinajstić information content (AvgIpc) is 3.16. The minimum atomic E-state index is -0.320. The number of rotatable bonds is 4. The second-order valence-corrected chi connectivity index (χ2v) is 5.45. The van der Waals surface area contributed by atoms with Gasteiger partial charge >= 0.3 is 6.03 Å². The number of aromatic nitrogens is 4. The predicted molar refractivity (Wildman–Crippen MR) is 88.2 cm³/mol. The molecule has 0 aliphatic rings. The number of urea groups is 1. The van der Waals surface area contributed by atoms with Gasteiger partial charge in [-0.3, -0.25) is 4.68 Å². The van der Waals surface area contributed by atoms with E-state index in [0.29, 0.717) is 23.0 Å². The highest BCUT2D eigenvalue weighted by Gasteiger charge is 2.15. The number of benzene rings is 1. The number of aryl methyl sites for hydroxylation is 2. The number of para-hydroxylation sites is 1. The summed E-state index contributed by atoms with van der Waals surface area (Å²) in [6.45, 7) is 3.61. The van der Waals surface area contributed by atoms with Gasteiger partial charge in [-0.1, -0.05) is 17.3 Å². The van der Waals surface area contributed by atoms with Crippen LogP contribution >= 0.6 is 0 Å². The minimum absolute atomic E-state index is 0.168. The van der Waals surface area contributed by atoms with Crippen molar-refractivity contribution in [1.82, 2.24) is 25.2 Å². The van der Waals surface area contributed by atoms with Crippen LogP contribution in [0.5, 0.6) is 0 Å². The average molecular weight is 326 g/mol. The molecule has 0 aliphatic heterocycles. The molecule has 24 heavy (non-hydrogen) atoms. The Morgan fingerprint density at radius 2 is 2.12 bits per heavy atom. The van der Waals surface area contributed by atoms with Crippen molar-refractivity contribution in [2.45, 2.75) is 19.9 Å². The van der Waals surface area contributed by atoms with E-state index in [9.17, 15) is 4.79 Å². The number of nitrogens with one attached hydrogen (secondary N) is 2. The molecule has 2 heterocycles. The van der Waals surface area contributed by atoms with Crippen LogP contribution in [0.4, 0.5) is 10.5 Å². The quantitative estimate of drug-likeness (QED) is 0.768. The first-order valence-corrected chi connectivity index (χ1v) is 7.48. The largest absolute Gasteiger partial charge is 0.339 e. The summed E-state index contributed by atoms with van der Waals surface area (Å²) in [4.78, 5) is 16.5. The highest BCUT2D eigenvalue weighted by Crippen LogP contribution is 2.25. The molecule has 0 spiro atoms. The number of carbonyl (C=O) groups excluding carboxylic acids is 1. The van der Waals surface area contributed by atoms with Crippen LogP contribution < -0.4 is 10.6 Å². The number of nitrogens with zero attached hydrogens (tertiary/aromatic N) is 4. The summed E-state index contributed by atoms with van der Waals surface area (Å²) in [5.41, 5.74) is 2.22. The van der Waals surface area contributed by atoms with Crippen LogP contribution in [0.15, 0.2) is 41.2 Å². The fraction of sp³-hybridized carbons (Fsp3) is 0.250. The van der Waals surface area contributed by atoms with E-state index < -0.39 is 0 Å². The monoisotopic (exact) mass is 326 g/mol. The summed E-state index contributed by atoms with van der Waals surface area (Å²) in [6, 6.07) is 6.80. The lowest BCUT2D eigenvalue weighted by molar-refractivity contribution is 0.249. The molecule has 1 atom stereocenters. The molecule has 1 aromatic carbocycles. The van der Waals surface area contributed by atoms with Gasteiger partial charge in [0, 0.05) is 31.3 Å². The van der Waals surface area contributed by atoms with Crippen molar-refractivity contribution in [3.63, 3.8) is 0 Å². The zero-order valence-electron chi connectivity index (χ0n) is 13.6. The van der Waals surface area contributed by atoms with Gasteiger partial charge in [0.25, 0.3) is 0 Å². The van der Waals surface area contributed by atoms with Crippen LogP contribution in [0, 0.1) is 6.92 Å². The molecule has 0 saturated heterocycles. The maximum atomic E-state index is 12.3. The van der Waals surface area contributed by atoms with Crippen LogP contribution in [0.3, 0.4) is 0 Å². The Morgan fingerprint density at radius 1 is 1.33 bits per heavy atom. The van der Waals surface area contributed by atoms with Crippen molar-refractivity contribution in [3.05, 3.63) is 48.1 Å². The molecule has 2 aromatic heterocycles. The summed E-state index contributed by atoms with van der Waals surface area (Å²) in [6.07, 6.45) is 3.59. The Balaban J connectivity index is 1.73. The van der Waals surface area contributed by atoms with Crippen molar-refractivity contribution < 1.29 is 9.32 Å². The molecule has 0 fully saturated rings. The molecular weight excluding hydrogens is 308 g/mol. The summed E-state index contributed by atoms with van der Waals surface area (Å²) in [7, 11) is 1.83. The third-order valence-corrected chi connectivity index (χ3v) is 3.52. The zero-order chi connectivity index (χ0) is 17.1. The van der Waals surface area contributed by atoms with E-state index in [0.717, 1.165) is 5.56 Å². The van der Waals surface area contributed by atoms with E-state index in [-0.39, 0.29) is 12.1 Å². The number of carbonyl (C=O) groups is 1. The van der Waals surface area contributed by atoms with Crippen LogP contribution in [-0.2, 0) is 7.05 Å². The third kappa shape index (κ3) is 3.43. The molecule has 0 bridgehead atoms. The Hall–Kier alpha value is -3.16. The first-order chi connectivity index (χ1) is 11.5. The van der Waals surface area contributed by atoms with Gasteiger partial charge in [-0.15, -0.1) is 0 Å². The van der Waals surface area contributed by atoms with Gasteiger partial charge in [-0.2, -0.15) is 10.1 Å². The number of anilines is 1. The third-order valence-electron chi connectivity index (χ3n) is 3.52. The highest BCUT2D eigenvalue weighted by atomic mass is 16.5. The van der Waals surface area contributed by atoms with E-state index in [1.165, 1.54) is 0 Å². The van der Waals surface area contributed by atoms with Crippen LogP contribution in [-0.4, -0.2) is 26.0 Å². The van der Waals surface area contributed by atoms with Crippen molar-refractivity contribution >= 4 is 11.7 Å². The summed E-state index contributed by atoms with van der Waals surface area (Å²) in [5, 5.41) is 13.7. The Kier molecular flexibility index (Phi) is 4.28. The van der Waals surface area contributed by atoms with Crippen LogP contribution in [0.2, 0.25) is 0 Å².